The molecule has 2 aromatic rings. The zero-order valence-electron chi connectivity index (χ0n) is 17.3. The molecule has 0 spiro atoms. The Morgan fingerprint density at radius 1 is 1.03 bits per heavy atom. The van der Waals surface area contributed by atoms with Crippen LogP contribution in [0.1, 0.15) is 22.0 Å². The summed E-state index contributed by atoms with van der Waals surface area (Å²) in [7, 11) is 1.61. The number of carbonyl (C=O) groups excluding carboxylic acids is 3. The van der Waals surface area contributed by atoms with Crippen molar-refractivity contribution in [3.63, 3.8) is 0 Å². The van der Waals surface area contributed by atoms with Crippen molar-refractivity contribution in [2.45, 2.75) is 6.04 Å². The van der Waals surface area contributed by atoms with Gasteiger partial charge in [0.05, 0.1) is 26.4 Å². The van der Waals surface area contributed by atoms with E-state index in [2.05, 4.69) is 15.5 Å². The summed E-state index contributed by atoms with van der Waals surface area (Å²) in [6.07, 6.45) is 0. The van der Waals surface area contributed by atoms with Crippen molar-refractivity contribution in [3.8, 4) is 5.75 Å². The Hall–Kier alpha value is -3.43. The molecule has 3 amide bonds. The molecule has 1 aliphatic heterocycles. The monoisotopic (exact) mass is 426 g/mol. The van der Waals surface area contributed by atoms with Crippen LogP contribution in [0.5, 0.6) is 5.75 Å². The van der Waals surface area contributed by atoms with Crippen LogP contribution in [-0.2, 0) is 14.3 Å². The SMILES string of the molecule is COc1ccc([C@@H](CNC(=O)C(=O)Nc2ccc(C(N)=O)cc2)N2CCOCC2)cc1. The average molecular weight is 426 g/mol. The Balaban J connectivity index is 1.63. The molecule has 4 N–H and O–H groups in total. The molecule has 3 rings (SSSR count). The molecule has 2 aromatic carbocycles. The lowest BCUT2D eigenvalue weighted by Crippen LogP contribution is -2.45. The topological polar surface area (TPSA) is 123 Å². The lowest BCUT2D eigenvalue weighted by molar-refractivity contribution is -0.136. The van der Waals surface area contributed by atoms with E-state index in [-0.39, 0.29) is 12.6 Å². The minimum absolute atomic E-state index is 0.110. The fraction of sp³-hybridized carbons (Fsp3) is 0.318. The molecule has 1 saturated heterocycles. The van der Waals surface area contributed by atoms with Gasteiger partial charge in [-0.3, -0.25) is 19.3 Å². The van der Waals surface area contributed by atoms with Gasteiger partial charge in [-0.15, -0.1) is 0 Å². The zero-order chi connectivity index (χ0) is 22.2. The lowest BCUT2D eigenvalue weighted by atomic mass is 10.0. The van der Waals surface area contributed by atoms with E-state index >= 15 is 0 Å². The largest absolute Gasteiger partial charge is 0.497 e. The molecule has 0 aromatic heterocycles. The Morgan fingerprint density at radius 3 is 2.26 bits per heavy atom. The van der Waals surface area contributed by atoms with Crippen LogP contribution in [-0.4, -0.2) is 62.6 Å². The highest BCUT2D eigenvalue weighted by molar-refractivity contribution is 6.39. The summed E-state index contributed by atoms with van der Waals surface area (Å²) in [5.41, 5.74) is 6.91. The number of nitrogens with two attached hydrogens (primary N) is 1. The van der Waals surface area contributed by atoms with E-state index in [1.807, 2.05) is 24.3 Å². The predicted octanol–water partition coefficient (Wildman–Crippen LogP) is 0.922. The molecule has 0 radical (unpaired) electrons. The number of anilines is 1. The molecule has 0 aliphatic carbocycles. The molecule has 1 fully saturated rings. The van der Waals surface area contributed by atoms with Crippen LogP contribution in [0.15, 0.2) is 48.5 Å². The van der Waals surface area contributed by atoms with Gasteiger partial charge in [-0.05, 0) is 42.0 Å². The van der Waals surface area contributed by atoms with E-state index in [0.29, 0.717) is 24.5 Å². The fourth-order valence-corrected chi connectivity index (χ4v) is 3.35. The first-order valence-electron chi connectivity index (χ1n) is 9.92. The maximum atomic E-state index is 12.4. The standard InChI is InChI=1S/C22H26N4O5/c1-30-18-8-4-15(5-9-18)19(26-10-12-31-13-11-26)14-24-21(28)22(29)25-17-6-2-16(3-7-17)20(23)27/h2-9,19H,10-14H2,1H3,(H2,23,27)(H,24,28)(H,25,29)/t19-/m1/s1. The summed E-state index contributed by atoms with van der Waals surface area (Å²) in [5, 5.41) is 5.23. The third kappa shape index (κ3) is 6.03. The van der Waals surface area contributed by atoms with Crippen LogP contribution in [0.3, 0.4) is 0 Å². The molecule has 0 saturated carbocycles. The van der Waals surface area contributed by atoms with Gasteiger partial charge in [0.15, 0.2) is 0 Å². The van der Waals surface area contributed by atoms with Crippen LogP contribution in [0.25, 0.3) is 0 Å². The van der Waals surface area contributed by atoms with Gasteiger partial charge < -0.3 is 25.8 Å². The Kier molecular flexibility index (Phi) is 7.58. The summed E-state index contributed by atoms with van der Waals surface area (Å²) in [4.78, 5) is 38.0. The van der Waals surface area contributed by atoms with Crippen LogP contribution >= 0.6 is 0 Å². The highest BCUT2D eigenvalue weighted by atomic mass is 16.5. The molecular formula is C22H26N4O5. The Morgan fingerprint density at radius 2 is 1.68 bits per heavy atom. The minimum Gasteiger partial charge on any atom is -0.497 e. The number of methoxy groups -OCH3 is 1. The van der Waals surface area contributed by atoms with E-state index in [9.17, 15) is 14.4 Å². The number of amides is 3. The van der Waals surface area contributed by atoms with Gasteiger partial charge in [-0.1, -0.05) is 12.1 Å². The van der Waals surface area contributed by atoms with E-state index in [0.717, 1.165) is 24.4 Å². The third-order valence-corrected chi connectivity index (χ3v) is 5.08. The van der Waals surface area contributed by atoms with E-state index in [4.69, 9.17) is 15.2 Å². The number of hydrogen-bond acceptors (Lipinski definition) is 6. The second-order valence-corrected chi connectivity index (χ2v) is 7.04. The van der Waals surface area contributed by atoms with Gasteiger partial charge in [0.25, 0.3) is 0 Å². The predicted molar refractivity (Wildman–Crippen MR) is 115 cm³/mol. The Bertz CT molecular complexity index is 909. The highest BCUT2D eigenvalue weighted by Crippen LogP contribution is 2.23. The number of nitrogens with one attached hydrogen (secondary N) is 2. The number of morpholine rings is 1. The average Bonchev–Trinajstić information content (AvgIpc) is 2.80. The number of primary amides is 1. The number of rotatable bonds is 7. The second kappa shape index (κ2) is 10.6. The van der Waals surface area contributed by atoms with Crippen LogP contribution in [0, 0.1) is 0 Å². The van der Waals surface area contributed by atoms with Crippen LogP contribution < -0.4 is 21.1 Å². The number of benzene rings is 2. The number of carbonyl (C=O) groups is 3. The van der Waals surface area contributed by atoms with Crippen molar-refractivity contribution in [2.75, 3.05) is 45.3 Å². The fourth-order valence-electron chi connectivity index (χ4n) is 3.35. The first-order valence-corrected chi connectivity index (χ1v) is 9.92. The molecule has 31 heavy (non-hydrogen) atoms. The molecule has 9 heteroatoms. The molecule has 164 valence electrons. The van der Waals surface area contributed by atoms with Crippen molar-refractivity contribution in [3.05, 3.63) is 59.7 Å². The molecule has 0 unspecified atom stereocenters. The first kappa shape index (κ1) is 22.3. The summed E-state index contributed by atoms with van der Waals surface area (Å²) in [5.74, 6) is -1.36. The van der Waals surface area contributed by atoms with Gasteiger partial charge in [0.1, 0.15) is 5.75 Å². The molecule has 1 aliphatic rings. The maximum Gasteiger partial charge on any atom is 0.313 e. The number of nitrogens with zero attached hydrogens (tertiary/aromatic N) is 1. The summed E-state index contributed by atoms with van der Waals surface area (Å²) >= 11 is 0. The minimum atomic E-state index is -0.790. The molecule has 0 bridgehead atoms. The van der Waals surface area contributed by atoms with Crippen molar-refractivity contribution in [1.82, 2.24) is 10.2 Å². The molecule has 1 atom stereocenters. The summed E-state index contributed by atoms with van der Waals surface area (Å²) < 4.78 is 10.7. The second-order valence-electron chi connectivity index (χ2n) is 7.04. The van der Waals surface area contributed by atoms with Gasteiger partial charge >= 0.3 is 11.8 Å². The van der Waals surface area contributed by atoms with E-state index < -0.39 is 17.7 Å². The van der Waals surface area contributed by atoms with Gasteiger partial charge in [-0.2, -0.15) is 0 Å². The summed E-state index contributed by atoms with van der Waals surface area (Å²) in [6.45, 7) is 2.94. The van der Waals surface area contributed by atoms with Crippen molar-refractivity contribution >= 4 is 23.4 Å². The van der Waals surface area contributed by atoms with Crippen molar-refractivity contribution in [2.24, 2.45) is 5.73 Å². The molecular weight excluding hydrogens is 400 g/mol. The lowest BCUT2D eigenvalue weighted by Gasteiger charge is -2.34. The highest BCUT2D eigenvalue weighted by Gasteiger charge is 2.24. The first-order chi connectivity index (χ1) is 15.0. The summed E-state index contributed by atoms with van der Waals surface area (Å²) in [6, 6.07) is 13.5. The molecule has 1 heterocycles. The maximum absolute atomic E-state index is 12.4. The van der Waals surface area contributed by atoms with Crippen LogP contribution in [0.4, 0.5) is 5.69 Å². The zero-order valence-corrected chi connectivity index (χ0v) is 17.3. The van der Waals surface area contributed by atoms with E-state index in [1.54, 1.807) is 7.11 Å². The van der Waals surface area contributed by atoms with Crippen molar-refractivity contribution in [1.29, 1.82) is 0 Å². The van der Waals surface area contributed by atoms with Gasteiger partial charge in [-0.25, -0.2) is 0 Å². The molecule has 9 nitrogen and oxygen atoms in total. The van der Waals surface area contributed by atoms with Crippen molar-refractivity contribution < 1.29 is 23.9 Å². The number of ether oxygens (including phenoxy) is 2. The Labute approximate surface area is 180 Å². The van der Waals surface area contributed by atoms with Gasteiger partial charge in [0, 0.05) is 30.9 Å². The quantitative estimate of drug-likeness (QED) is 0.566. The third-order valence-electron chi connectivity index (χ3n) is 5.08. The smallest absolute Gasteiger partial charge is 0.313 e. The van der Waals surface area contributed by atoms with E-state index in [1.165, 1.54) is 24.3 Å². The van der Waals surface area contributed by atoms with Crippen LogP contribution in [0.2, 0.25) is 0 Å². The normalized spacial score (nSPS) is 15.0. The van der Waals surface area contributed by atoms with Gasteiger partial charge in [0.2, 0.25) is 5.91 Å². The number of hydrogen-bond donors (Lipinski definition) is 3.